The Balaban J connectivity index is 2.66. The van der Waals surface area contributed by atoms with Crippen LogP contribution in [0, 0.1) is 10.1 Å². The van der Waals surface area contributed by atoms with Gasteiger partial charge in [0, 0.05) is 18.2 Å². The molecule has 0 bridgehead atoms. The number of carbonyl (C=O) groups excluding carboxylic acids is 1. The molecule has 8 heteroatoms. The van der Waals surface area contributed by atoms with Crippen molar-refractivity contribution in [2.75, 3.05) is 0 Å². The molecule has 0 unspecified atom stereocenters. The first-order chi connectivity index (χ1) is 9.81. The number of nitrogens with zero attached hydrogens (tertiary/aromatic N) is 1. The summed E-state index contributed by atoms with van der Waals surface area (Å²) in [5.74, 6) is -3.41. The maximum absolute atomic E-state index is 12.3. The molecule has 0 aromatic heterocycles. The monoisotopic (exact) mass is 291 g/mol. The van der Waals surface area contributed by atoms with Gasteiger partial charge in [0.2, 0.25) is 5.78 Å². The van der Waals surface area contributed by atoms with E-state index in [1.165, 1.54) is 0 Å². The number of hydrogen-bond donors (Lipinski definition) is 4. The molecule has 0 aliphatic rings. The summed E-state index contributed by atoms with van der Waals surface area (Å²) in [7, 11) is 0. The second-order valence-electron chi connectivity index (χ2n) is 4.15. The Morgan fingerprint density at radius 1 is 0.952 bits per heavy atom. The number of rotatable bonds is 3. The minimum Gasteiger partial charge on any atom is -0.508 e. The summed E-state index contributed by atoms with van der Waals surface area (Å²) in [5.41, 5.74) is -1.71. The van der Waals surface area contributed by atoms with Crippen LogP contribution >= 0.6 is 0 Å². The molecule has 2 rings (SSSR count). The van der Waals surface area contributed by atoms with E-state index in [9.17, 15) is 35.3 Å². The van der Waals surface area contributed by atoms with Gasteiger partial charge < -0.3 is 20.4 Å². The standard InChI is InChI=1S/C13H9NO7/c15-6-1-2-9(14(20)21)8(3-6)13(19)12-10(17)4-7(16)5-11(12)18/h1-5,15-18H. The maximum atomic E-state index is 12.3. The molecule has 2 aromatic carbocycles. The quantitative estimate of drug-likeness (QED) is 0.382. The Hall–Kier alpha value is -3.29. The van der Waals surface area contributed by atoms with Gasteiger partial charge in [0.1, 0.15) is 34.1 Å². The van der Waals surface area contributed by atoms with Crippen molar-refractivity contribution in [1.82, 2.24) is 0 Å². The smallest absolute Gasteiger partial charge is 0.280 e. The van der Waals surface area contributed by atoms with Gasteiger partial charge >= 0.3 is 0 Å². The van der Waals surface area contributed by atoms with Gasteiger partial charge in [-0.3, -0.25) is 14.9 Å². The molecule has 108 valence electrons. The van der Waals surface area contributed by atoms with Gasteiger partial charge in [0.15, 0.2) is 0 Å². The molecule has 0 heterocycles. The van der Waals surface area contributed by atoms with Crippen molar-refractivity contribution in [2.45, 2.75) is 0 Å². The van der Waals surface area contributed by atoms with Crippen molar-refractivity contribution in [3.8, 4) is 23.0 Å². The lowest BCUT2D eigenvalue weighted by molar-refractivity contribution is -0.385. The van der Waals surface area contributed by atoms with Gasteiger partial charge in [0.25, 0.3) is 5.69 Å². The molecule has 0 radical (unpaired) electrons. The highest BCUT2D eigenvalue weighted by molar-refractivity contribution is 6.14. The summed E-state index contributed by atoms with van der Waals surface area (Å²) in [6.45, 7) is 0. The number of nitro groups is 1. The first kappa shape index (κ1) is 14.1. The number of hydrogen-bond acceptors (Lipinski definition) is 7. The zero-order valence-electron chi connectivity index (χ0n) is 10.3. The van der Waals surface area contributed by atoms with E-state index < -0.39 is 44.8 Å². The topological polar surface area (TPSA) is 141 Å². The lowest BCUT2D eigenvalue weighted by atomic mass is 9.99. The Kier molecular flexibility index (Phi) is 3.37. The summed E-state index contributed by atoms with van der Waals surface area (Å²) >= 11 is 0. The van der Waals surface area contributed by atoms with Gasteiger partial charge in [-0.25, -0.2) is 0 Å². The highest BCUT2D eigenvalue weighted by Crippen LogP contribution is 2.36. The predicted octanol–water partition coefficient (Wildman–Crippen LogP) is 1.65. The summed E-state index contributed by atoms with van der Waals surface area (Å²) in [4.78, 5) is 22.3. The maximum Gasteiger partial charge on any atom is 0.280 e. The Labute approximate surface area is 117 Å². The second-order valence-corrected chi connectivity index (χ2v) is 4.15. The van der Waals surface area contributed by atoms with Gasteiger partial charge in [-0.05, 0) is 12.1 Å². The van der Waals surface area contributed by atoms with Crippen LogP contribution in [-0.2, 0) is 0 Å². The fourth-order valence-corrected chi connectivity index (χ4v) is 1.83. The van der Waals surface area contributed by atoms with Crippen LogP contribution in [0.2, 0.25) is 0 Å². The molecule has 8 nitrogen and oxygen atoms in total. The first-order valence-electron chi connectivity index (χ1n) is 5.58. The minimum absolute atomic E-state index is 0.387. The molecule has 0 amide bonds. The van der Waals surface area contributed by atoms with E-state index in [1.807, 2.05) is 0 Å². The molecular formula is C13H9NO7. The predicted molar refractivity (Wildman–Crippen MR) is 69.6 cm³/mol. The van der Waals surface area contributed by atoms with Crippen LogP contribution in [-0.4, -0.2) is 31.1 Å². The largest absolute Gasteiger partial charge is 0.508 e. The minimum atomic E-state index is -1.06. The average molecular weight is 291 g/mol. The van der Waals surface area contributed by atoms with E-state index in [-0.39, 0.29) is 5.75 Å². The van der Waals surface area contributed by atoms with Crippen LogP contribution in [0.4, 0.5) is 5.69 Å². The van der Waals surface area contributed by atoms with Crippen molar-refractivity contribution in [3.05, 3.63) is 51.6 Å². The Morgan fingerprint density at radius 2 is 1.52 bits per heavy atom. The number of phenolic OH excluding ortho intramolecular Hbond substituents is 4. The van der Waals surface area contributed by atoms with Crippen LogP contribution in [0.1, 0.15) is 15.9 Å². The van der Waals surface area contributed by atoms with E-state index in [0.717, 1.165) is 30.3 Å². The van der Waals surface area contributed by atoms with E-state index >= 15 is 0 Å². The Morgan fingerprint density at radius 3 is 2.05 bits per heavy atom. The number of phenols is 4. The lowest BCUT2D eigenvalue weighted by Gasteiger charge is -2.08. The third kappa shape index (κ3) is 2.54. The fraction of sp³-hybridized carbons (Fsp3) is 0. The molecule has 0 spiro atoms. The van der Waals surface area contributed by atoms with Crippen molar-refractivity contribution in [3.63, 3.8) is 0 Å². The zero-order valence-corrected chi connectivity index (χ0v) is 10.3. The lowest BCUT2D eigenvalue weighted by Crippen LogP contribution is -2.06. The van der Waals surface area contributed by atoms with Crippen LogP contribution in [0.5, 0.6) is 23.0 Å². The molecule has 4 N–H and O–H groups in total. The Bertz CT molecular complexity index is 731. The normalized spacial score (nSPS) is 10.3. The van der Waals surface area contributed by atoms with E-state index in [1.54, 1.807) is 0 Å². The number of ketones is 1. The molecule has 2 aromatic rings. The fourth-order valence-electron chi connectivity index (χ4n) is 1.83. The van der Waals surface area contributed by atoms with Gasteiger partial charge in [-0.1, -0.05) is 0 Å². The molecule has 0 atom stereocenters. The van der Waals surface area contributed by atoms with E-state index in [2.05, 4.69) is 0 Å². The summed E-state index contributed by atoms with van der Waals surface area (Å²) in [6, 6.07) is 4.43. The van der Waals surface area contributed by atoms with Crippen molar-refractivity contribution in [1.29, 1.82) is 0 Å². The number of benzene rings is 2. The zero-order chi connectivity index (χ0) is 15.7. The highest BCUT2D eigenvalue weighted by atomic mass is 16.6. The molecule has 0 aliphatic carbocycles. The van der Waals surface area contributed by atoms with E-state index in [0.29, 0.717) is 0 Å². The van der Waals surface area contributed by atoms with Gasteiger partial charge in [-0.15, -0.1) is 0 Å². The molecule has 0 aliphatic heterocycles. The molecule has 0 saturated heterocycles. The molecule has 0 fully saturated rings. The number of carbonyl (C=O) groups is 1. The first-order valence-corrected chi connectivity index (χ1v) is 5.58. The molecule has 21 heavy (non-hydrogen) atoms. The highest BCUT2D eigenvalue weighted by Gasteiger charge is 2.26. The average Bonchev–Trinajstić information content (AvgIpc) is 2.36. The van der Waals surface area contributed by atoms with Crippen LogP contribution in [0.15, 0.2) is 30.3 Å². The summed E-state index contributed by atoms with van der Waals surface area (Å²) in [6.07, 6.45) is 0. The SMILES string of the molecule is O=C(c1cc(O)ccc1[N+](=O)[O-])c1c(O)cc(O)cc1O. The summed E-state index contributed by atoms with van der Waals surface area (Å²) in [5, 5.41) is 48.7. The second kappa shape index (κ2) is 5.00. The molecule has 0 saturated carbocycles. The van der Waals surface area contributed by atoms with Crippen LogP contribution < -0.4 is 0 Å². The summed E-state index contributed by atoms with van der Waals surface area (Å²) < 4.78 is 0. The van der Waals surface area contributed by atoms with Gasteiger partial charge in [0.05, 0.1) is 4.92 Å². The van der Waals surface area contributed by atoms with Crippen molar-refractivity contribution in [2.24, 2.45) is 0 Å². The number of aromatic hydroxyl groups is 4. The number of nitro benzene ring substituents is 1. The third-order valence-electron chi connectivity index (χ3n) is 2.73. The van der Waals surface area contributed by atoms with E-state index in [4.69, 9.17) is 0 Å². The van der Waals surface area contributed by atoms with Gasteiger partial charge in [-0.2, -0.15) is 0 Å². The van der Waals surface area contributed by atoms with Crippen molar-refractivity contribution < 1.29 is 30.1 Å². The third-order valence-corrected chi connectivity index (χ3v) is 2.73. The van der Waals surface area contributed by atoms with Crippen LogP contribution in [0.25, 0.3) is 0 Å². The van der Waals surface area contributed by atoms with Crippen molar-refractivity contribution >= 4 is 11.5 Å². The molecular weight excluding hydrogens is 282 g/mol. The van der Waals surface area contributed by atoms with Crippen LogP contribution in [0.3, 0.4) is 0 Å².